The Bertz CT molecular complexity index is 734. The van der Waals surface area contributed by atoms with Gasteiger partial charge in [0, 0.05) is 38.4 Å². The molecule has 0 saturated carbocycles. The predicted molar refractivity (Wildman–Crippen MR) is 93.6 cm³/mol. The van der Waals surface area contributed by atoms with Gasteiger partial charge < -0.3 is 9.64 Å². The first-order valence-corrected chi connectivity index (χ1v) is 9.30. The van der Waals surface area contributed by atoms with E-state index >= 15 is 0 Å². The first-order chi connectivity index (χ1) is 12.8. The second-order valence-electron chi connectivity index (χ2n) is 7.64. The summed E-state index contributed by atoms with van der Waals surface area (Å²) >= 11 is 0. The standard InChI is InChI=1S/C20H23F3N2O2/c1-2-17-13-27-19-9-10-24(12-16(19)7-8-18(26)25(17)19)11-14-3-5-15(6-4-14)20(21,22)23/h2-6,16-17H,1,7-13H2/t16-,17+,19-/m1/s1. The van der Waals surface area contributed by atoms with Gasteiger partial charge in [-0.3, -0.25) is 9.69 Å². The fourth-order valence-electron chi connectivity index (χ4n) is 4.74. The van der Waals surface area contributed by atoms with E-state index in [9.17, 15) is 18.0 Å². The van der Waals surface area contributed by atoms with Gasteiger partial charge in [0.2, 0.25) is 5.91 Å². The van der Waals surface area contributed by atoms with Crippen molar-refractivity contribution < 1.29 is 22.7 Å². The smallest absolute Gasteiger partial charge is 0.353 e. The first kappa shape index (κ1) is 18.5. The molecule has 0 unspecified atom stereocenters. The number of carbonyl (C=O) groups is 1. The molecule has 3 heterocycles. The molecule has 1 aromatic carbocycles. The number of hydrogen-bond acceptors (Lipinski definition) is 3. The van der Waals surface area contributed by atoms with Crippen molar-refractivity contribution in [3.8, 4) is 0 Å². The van der Waals surface area contributed by atoms with E-state index in [1.165, 1.54) is 0 Å². The highest BCUT2D eigenvalue weighted by atomic mass is 19.4. The second-order valence-corrected chi connectivity index (χ2v) is 7.64. The van der Waals surface area contributed by atoms with Crippen molar-refractivity contribution in [2.24, 2.45) is 5.92 Å². The molecule has 27 heavy (non-hydrogen) atoms. The van der Waals surface area contributed by atoms with Crippen molar-refractivity contribution in [1.82, 2.24) is 9.80 Å². The van der Waals surface area contributed by atoms with Gasteiger partial charge in [0.1, 0.15) is 5.72 Å². The van der Waals surface area contributed by atoms with Gasteiger partial charge in [-0.05, 0) is 24.1 Å². The molecule has 0 aromatic heterocycles. The zero-order chi connectivity index (χ0) is 19.2. The van der Waals surface area contributed by atoms with E-state index in [0.717, 1.165) is 37.2 Å². The molecule has 4 rings (SSSR count). The number of piperidine rings is 2. The van der Waals surface area contributed by atoms with Crippen molar-refractivity contribution in [2.75, 3.05) is 19.7 Å². The summed E-state index contributed by atoms with van der Waals surface area (Å²) in [5.41, 5.74) is -0.302. The summed E-state index contributed by atoms with van der Waals surface area (Å²) in [4.78, 5) is 16.6. The Kier molecular flexibility index (Phi) is 4.55. The van der Waals surface area contributed by atoms with Gasteiger partial charge in [-0.15, -0.1) is 6.58 Å². The first-order valence-electron chi connectivity index (χ1n) is 9.30. The maximum absolute atomic E-state index is 12.7. The largest absolute Gasteiger partial charge is 0.416 e. The van der Waals surface area contributed by atoms with E-state index in [4.69, 9.17) is 4.74 Å². The van der Waals surface area contributed by atoms with Crippen LogP contribution in [0.4, 0.5) is 13.2 Å². The molecule has 3 aliphatic rings. The topological polar surface area (TPSA) is 32.8 Å². The Morgan fingerprint density at radius 3 is 2.70 bits per heavy atom. The lowest BCUT2D eigenvalue weighted by atomic mass is 9.79. The van der Waals surface area contributed by atoms with Crippen molar-refractivity contribution in [2.45, 2.75) is 43.8 Å². The van der Waals surface area contributed by atoms with Crippen LogP contribution in [0.3, 0.4) is 0 Å². The highest BCUT2D eigenvalue weighted by Crippen LogP contribution is 2.46. The zero-order valence-corrected chi connectivity index (χ0v) is 15.0. The molecular formula is C20H23F3N2O2. The number of likely N-dealkylation sites (tertiary alicyclic amines) is 1. The number of amides is 1. The van der Waals surface area contributed by atoms with Crippen LogP contribution in [-0.2, 0) is 22.3 Å². The highest BCUT2D eigenvalue weighted by molar-refractivity contribution is 5.79. The Labute approximate surface area is 156 Å². The van der Waals surface area contributed by atoms with Gasteiger partial charge in [0.15, 0.2) is 0 Å². The maximum atomic E-state index is 12.7. The second kappa shape index (κ2) is 6.63. The van der Waals surface area contributed by atoms with Crippen molar-refractivity contribution >= 4 is 5.91 Å². The predicted octanol–water partition coefficient (Wildman–Crippen LogP) is 3.43. The van der Waals surface area contributed by atoms with E-state index < -0.39 is 17.5 Å². The summed E-state index contributed by atoms with van der Waals surface area (Å²) in [5, 5.41) is 0. The van der Waals surface area contributed by atoms with Crippen LogP contribution in [0.25, 0.3) is 0 Å². The molecule has 7 heteroatoms. The number of alkyl halides is 3. The number of halogens is 3. The summed E-state index contributed by atoms with van der Waals surface area (Å²) in [6.07, 6.45) is -0.523. The van der Waals surface area contributed by atoms with Crippen LogP contribution in [0.2, 0.25) is 0 Å². The van der Waals surface area contributed by atoms with Crippen molar-refractivity contribution in [3.05, 3.63) is 48.0 Å². The number of benzene rings is 1. The zero-order valence-electron chi connectivity index (χ0n) is 15.0. The Hall–Kier alpha value is -1.86. The van der Waals surface area contributed by atoms with E-state index in [0.29, 0.717) is 26.0 Å². The number of carbonyl (C=O) groups excluding carboxylic acids is 1. The molecular weight excluding hydrogens is 357 g/mol. The van der Waals surface area contributed by atoms with E-state index in [-0.39, 0.29) is 17.9 Å². The Balaban J connectivity index is 1.46. The molecule has 0 aliphatic carbocycles. The van der Waals surface area contributed by atoms with Gasteiger partial charge in [-0.25, -0.2) is 0 Å². The van der Waals surface area contributed by atoms with Crippen LogP contribution in [0, 0.1) is 5.92 Å². The van der Waals surface area contributed by atoms with Crippen LogP contribution < -0.4 is 0 Å². The molecule has 0 radical (unpaired) electrons. The monoisotopic (exact) mass is 380 g/mol. The third-order valence-corrected chi connectivity index (χ3v) is 6.08. The average molecular weight is 380 g/mol. The number of hydrogen-bond donors (Lipinski definition) is 0. The van der Waals surface area contributed by atoms with Crippen LogP contribution in [0.1, 0.15) is 30.4 Å². The maximum Gasteiger partial charge on any atom is 0.416 e. The molecule has 3 atom stereocenters. The average Bonchev–Trinajstić information content (AvgIpc) is 3.02. The normalized spacial score (nSPS) is 31.5. The quantitative estimate of drug-likeness (QED) is 0.754. The third-order valence-electron chi connectivity index (χ3n) is 6.08. The number of ether oxygens (including phenoxy) is 1. The van der Waals surface area contributed by atoms with Gasteiger partial charge in [-0.1, -0.05) is 18.2 Å². The molecule has 146 valence electrons. The Morgan fingerprint density at radius 1 is 1.30 bits per heavy atom. The molecule has 0 N–H and O–H groups in total. The van der Waals surface area contributed by atoms with E-state index in [1.54, 1.807) is 18.2 Å². The lowest BCUT2D eigenvalue weighted by Gasteiger charge is -2.52. The number of nitrogens with zero attached hydrogens (tertiary/aromatic N) is 2. The van der Waals surface area contributed by atoms with Crippen LogP contribution >= 0.6 is 0 Å². The Morgan fingerprint density at radius 2 is 2.04 bits per heavy atom. The van der Waals surface area contributed by atoms with Crippen molar-refractivity contribution in [1.29, 1.82) is 0 Å². The van der Waals surface area contributed by atoms with Gasteiger partial charge in [0.25, 0.3) is 0 Å². The highest BCUT2D eigenvalue weighted by Gasteiger charge is 2.57. The third kappa shape index (κ3) is 3.17. The van der Waals surface area contributed by atoms with Crippen LogP contribution in [0.5, 0.6) is 0 Å². The van der Waals surface area contributed by atoms with Gasteiger partial charge >= 0.3 is 6.18 Å². The molecule has 3 aliphatic heterocycles. The summed E-state index contributed by atoms with van der Waals surface area (Å²) in [6, 6.07) is 5.29. The molecule has 1 spiro atoms. The molecule has 0 bridgehead atoms. The summed E-state index contributed by atoms with van der Waals surface area (Å²) in [5.74, 6) is 0.341. The molecule has 3 fully saturated rings. The minimum Gasteiger partial charge on any atom is -0.353 e. The molecule has 1 amide bonds. The summed E-state index contributed by atoms with van der Waals surface area (Å²) in [6.45, 7) is 6.44. The fraction of sp³-hybridized carbons (Fsp3) is 0.550. The summed E-state index contributed by atoms with van der Waals surface area (Å²) < 4.78 is 44.3. The lowest BCUT2D eigenvalue weighted by molar-refractivity contribution is -0.191. The number of rotatable bonds is 3. The minimum atomic E-state index is -4.31. The minimum absolute atomic E-state index is 0.0678. The van der Waals surface area contributed by atoms with E-state index in [2.05, 4.69) is 11.5 Å². The molecule has 1 aromatic rings. The van der Waals surface area contributed by atoms with E-state index in [1.807, 2.05) is 4.90 Å². The lowest BCUT2D eigenvalue weighted by Crippen LogP contribution is -2.64. The summed E-state index contributed by atoms with van der Waals surface area (Å²) in [7, 11) is 0. The fourth-order valence-corrected chi connectivity index (χ4v) is 4.74. The SMILES string of the molecule is C=C[C@H]1CO[C@]23CCN(Cc4ccc(C(F)(F)F)cc4)C[C@H]2CCC(=O)N13. The van der Waals surface area contributed by atoms with Crippen LogP contribution in [-0.4, -0.2) is 47.2 Å². The van der Waals surface area contributed by atoms with Gasteiger partial charge in [0.05, 0.1) is 18.2 Å². The van der Waals surface area contributed by atoms with Gasteiger partial charge in [-0.2, -0.15) is 13.2 Å². The molecule has 3 saturated heterocycles. The molecule has 4 nitrogen and oxygen atoms in total. The van der Waals surface area contributed by atoms with Crippen molar-refractivity contribution in [3.63, 3.8) is 0 Å². The van der Waals surface area contributed by atoms with Crippen LogP contribution in [0.15, 0.2) is 36.9 Å².